The second kappa shape index (κ2) is 7.12. The third kappa shape index (κ3) is 4.40. The lowest BCUT2D eigenvalue weighted by molar-refractivity contribution is -0.146. The highest BCUT2D eigenvalue weighted by Crippen LogP contribution is 2.28. The number of nitrogens with zero attached hydrogens (tertiary/aromatic N) is 3. The van der Waals surface area contributed by atoms with E-state index < -0.39 is 12.0 Å². The Morgan fingerprint density at radius 1 is 1.29 bits per heavy atom. The lowest BCUT2D eigenvalue weighted by Crippen LogP contribution is -2.22. The summed E-state index contributed by atoms with van der Waals surface area (Å²) in [5, 5.41) is 8.80. The van der Waals surface area contributed by atoms with Crippen molar-refractivity contribution in [3.8, 4) is 0 Å². The minimum absolute atomic E-state index is 0.140. The number of hydrogen-bond donors (Lipinski definition) is 2. The fourth-order valence-electron chi connectivity index (χ4n) is 1.85. The molecule has 1 aromatic heterocycles. The summed E-state index contributed by atoms with van der Waals surface area (Å²) in [5.74, 6) is 3.84. The van der Waals surface area contributed by atoms with E-state index in [-0.39, 0.29) is 16.8 Å². The summed E-state index contributed by atoms with van der Waals surface area (Å²) < 4.78 is 38.0. The first-order valence-electron chi connectivity index (χ1n) is 6.98. The van der Waals surface area contributed by atoms with Gasteiger partial charge in [-0.3, -0.25) is 4.79 Å². The van der Waals surface area contributed by atoms with Gasteiger partial charge in [0.15, 0.2) is 0 Å². The van der Waals surface area contributed by atoms with Crippen LogP contribution in [0, 0.1) is 0 Å². The Balaban J connectivity index is 1.93. The molecule has 24 heavy (non-hydrogen) atoms. The van der Waals surface area contributed by atoms with Crippen LogP contribution in [0.25, 0.3) is 0 Å². The van der Waals surface area contributed by atoms with Crippen LogP contribution in [0.5, 0.6) is 0 Å². The number of carbonyl (C=O) groups is 1. The Morgan fingerprint density at radius 2 is 1.92 bits per heavy atom. The highest BCUT2D eigenvalue weighted by atomic mass is 32.2. The minimum Gasteiger partial charge on any atom is -0.335 e. The quantitative estimate of drug-likeness (QED) is 0.633. The number of anilines is 1. The summed E-state index contributed by atoms with van der Waals surface area (Å²) in [6.07, 6.45) is -4.69. The van der Waals surface area contributed by atoms with Crippen LogP contribution in [-0.2, 0) is 11.0 Å². The summed E-state index contributed by atoms with van der Waals surface area (Å²) in [5.41, 5.74) is 1.74. The second-order valence-electron chi connectivity index (χ2n) is 5.29. The van der Waals surface area contributed by atoms with E-state index in [0.717, 1.165) is 17.3 Å². The fourth-order valence-corrected chi connectivity index (χ4v) is 2.50. The van der Waals surface area contributed by atoms with Crippen molar-refractivity contribution < 1.29 is 18.0 Å². The number of alkyl halides is 3. The number of aromatic nitrogens is 3. The maximum Gasteiger partial charge on any atom is 0.453 e. The van der Waals surface area contributed by atoms with Gasteiger partial charge in [-0.25, -0.2) is 4.68 Å². The molecule has 6 nitrogen and oxygen atoms in total. The normalized spacial score (nSPS) is 11.8. The summed E-state index contributed by atoms with van der Waals surface area (Å²) in [7, 11) is 0. The Morgan fingerprint density at radius 3 is 2.42 bits per heavy atom. The molecule has 0 bridgehead atoms. The van der Waals surface area contributed by atoms with Gasteiger partial charge in [-0.15, -0.1) is 10.2 Å². The van der Waals surface area contributed by atoms with Gasteiger partial charge in [0.1, 0.15) is 0 Å². The third-order valence-corrected chi connectivity index (χ3v) is 4.05. The van der Waals surface area contributed by atoms with Gasteiger partial charge in [0.2, 0.25) is 11.1 Å². The average Bonchev–Trinajstić information content (AvgIpc) is 2.86. The first kappa shape index (κ1) is 18.1. The maximum atomic E-state index is 12.5. The number of thioether (sulfide) groups is 1. The zero-order valence-corrected chi connectivity index (χ0v) is 13.8. The molecule has 0 unspecified atom stereocenters. The predicted octanol–water partition coefficient (Wildman–Crippen LogP) is 2.86. The molecule has 2 aromatic rings. The molecule has 0 aliphatic heterocycles. The van der Waals surface area contributed by atoms with Crippen LogP contribution in [-0.4, -0.2) is 26.5 Å². The van der Waals surface area contributed by atoms with Gasteiger partial charge in [-0.1, -0.05) is 37.7 Å². The molecule has 0 atom stereocenters. The van der Waals surface area contributed by atoms with Crippen LogP contribution in [0.2, 0.25) is 0 Å². The van der Waals surface area contributed by atoms with Gasteiger partial charge in [0.25, 0.3) is 5.82 Å². The van der Waals surface area contributed by atoms with Crippen LogP contribution in [0.15, 0.2) is 29.4 Å². The van der Waals surface area contributed by atoms with E-state index in [4.69, 9.17) is 5.84 Å². The van der Waals surface area contributed by atoms with Gasteiger partial charge < -0.3 is 11.2 Å². The number of hydrogen-bond acceptors (Lipinski definition) is 5. The average molecular weight is 359 g/mol. The van der Waals surface area contributed by atoms with Gasteiger partial charge in [0, 0.05) is 5.69 Å². The van der Waals surface area contributed by atoms with Crippen molar-refractivity contribution >= 4 is 23.4 Å². The zero-order valence-electron chi connectivity index (χ0n) is 13.0. The number of carbonyl (C=O) groups excluding carboxylic acids is 1. The van der Waals surface area contributed by atoms with Crippen molar-refractivity contribution in [2.24, 2.45) is 0 Å². The van der Waals surface area contributed by atoms with E-state index in [2.05, 4.69) is 29.4 Å². The molecule has 0 saturated carbocycles. The number of halogens is 3. The molecule has 3 N–H and O–H groups in total. The van der Waals surface area contributed by atoms with E-state index in [0.29, 0.717) is 16.3 Å². The zero-order chi connectivity index (χ0) is 17.9. The van der Waals surface area contributed by atoms with Crippen molar-refractivity contribution in [1.82, 2.24) is 14.9 Å². The molecule has 1 amide bonds. The van der Waals surface area contributed by atoms with Crippen LogP contribution in [0.1, 0.15) is 31.2 Å². The molecule has 0 fully saturated rings. The molecule has 0 aliphatic carbocycles. The largest absolute Gasteiger partial charge is 0.453 e. The van der Waals surface area contributed by atoms with E-state index in [1.807, 2.05) is 12.1 Å². The van der Waals surface area contributed by atoms with E-state index in [1.165, 1.54) is 0 Å². The Kier molecular flexibility index (Phi) is 5.37. The smallest absolute Gasteiger partial charge is 0.335 e. The summed E-state index contributed by atoms with van der Waals surface area (Å²) in [4.78, 5) is 11.9. The monoisotopic (exact) mass is 359 g/mol. The molecule has 10 heteroatoms. The number of benzene rings is 1. The molecule has 1 heterocycles. The van der Waals surface area contributed by atoms with Crippen molar-refractivity contribution in [3.63, 3.8) is 0 Å². The molecule has 2 rings (SSSR count). The Hall–Kier alpha value is -2.23. The first-order chi connectivity index (χ1) is 11.2. The van der Waals surface area contributed by atoms with Gasteiger partial charge in [-0.05, 0) is 23.6 Å². The summed E-state index contributed by atoms with van der Waals surface area (Å²) >= 11 is 0.772. The number of nitrogens with two attached hydrogens (primary N) is 1. The van der Waals surface area contributed by atoms with Crippen LogP contribution >= 0.6 is 11.8 Å². The van der Waals surface area contributed by atoms with E-state index in [9.17, 15) is 18.0 Å². The minimum atomic E-state index is -4.69. The molecular weight excluding hydrogens is 343 g/mol. The highest BCUT2D eigenvalue weighted by Gasteiger charge is 2.38. The number of nitrogen functional groups attached to an aromatic ring is 1. The molecule has 1 aromatic carbocycles. The molecule has 0 saturated heterocycles. The topological polar surface area (TPSA) is 85.8 Å². The van der Waals surface area contributed by atoms with Crippen molar-refractivity contribution in [1.29, 1.82) is 0 Å². The lowest BCUT2D eigenvalue weighted by atomic mass is 10.0. The van der Waals surface area contributed by atoms with Gasteiger partial charge in [-0.2, -0.15) is 13.2 Å². The highest BCUT2D eigenvalue weighted by molar-refractivity contribution is 7.99. The lowest BCUT2D eigenvalue weighted by Gasteiger charge is -2.08. The third-order valence-electron chi connectivity index (χ3n) is 3.11. The predicted molar refractivity (Wildman–Crippen MR) is 85.1 cm³/mol. The van der Waals surface area contributed by atoms with Crippen molar-refractivity contribution in [2.75, 3.05) is 16.9 Å². The Bertz CT molecular complexity index is 712. The van der Waals surface area contributed by atoms with Gasteiger partial charge in [0.05, 0.1) is 5.75 Å². The number of rotatable bonds is 5. The molecule has 0 spiro atoms. The SMILES string of the molecule is CC(C)c1ccc(NC(=O)CSc2nnc(C(F)(F)F)n2N)cc1. The van der Waals surface area contributed by atoms with Gasteiger partial charge >= 0.3 is 6.18 Å². The van der Waals surface area contributed by atoms with E-state index >= 15 is 0 Å². The van der Waals surface area contributed by atoms with Crippen LogP contribution in [0.3, 0.4) is 0 Å². The molecular formula is C14H16F3N5OS. The molecule has 130 valence electrons. The number of nitrogens with one attached hydrogen (secondary N) is 1. The molecule has 0 radical (unpaired) electrons. The number of amides is 1. The van der Waals surface area contributed by atoms with Crippen molar-refractivity contribution in [3.05, 3.63) is 35.7 Å². The van der Waals surface area contributed by atoms with E-state index in [1.54, 1.807) is 12.1 Å². The summed E-state index contributed by atoms with van der Waals surface area (Å²) in [6, 6.07) is 7.34. The standard InChI is InChI=1S/C14H16F3N5OS/c1-8(2)9-3-5-10(6-4-9)19-11(23)7-24-13-21-20-12(22(13)18)14(15,16)17/h3-6,8H,7,18H2,1-2H3,(H,19,23). The summed E-state index contributed by atoms with van der Waals surface area (Å²) in [6.45, 7) is 4.12. The maximum absolute atomic E-state index is 12.5. The molecule has 0 aliphatic rings. The first-order valence-corrected chi connectivity index (χ1v) is 7.97. The fraction of sp³-hybridized carbons (Fsp3) is 0.357. The van der Waals surface area contributed by atoms with Crippen LogP contribution in [0.4, 0.5) is 18.9 Å². The van der Waals surface area contributed by atoms with Crippen LogP contribution < -0.4 is 11.2 Å². The van der Waals surface area contributed by atoms with Crippen molar-refractivity contribution in [2.45, 2.75) is 31.1 Å². The Labute approximate surface area is 140 Å². The second-order valence-corrected chi connectivity index (χ2v) is 6.23.